The number of rotatable bonds is 3. The SMILES string of the molecule is Cc1cc(C)cc(N=C2SCCN2Cc2ccccc2)c1. The van der Waals surface area contributed by atoms with Crippen molar-refractivity contribution in [1.82, 2.24) is 4.90 Å². The Kier molecular flexibility index (Phi) is 4.30. The van der Waals surface area contributed by atoms with Gasteiger partial charge in [-0.2, -0.15) is 0 Å². The molecule has 0 amide bonds. The summed E-state index contributed by atoms with van der Waals surface area (Å²) < 4.78 is 0. The van der Waals surface area contributed by atoms with Crippen molar-refractivity contribution >= 4 is 22.6 Å². The van der Waals surface area contributed by atoms with Gasteiger partial charge in [0.25, 0.3) is 0 Å². The van der Waals surface area contributed by atoms with E-state index in [9.17, 15) is 0 Å². The average Bonchev–Trinajstić information content (AvgIpc) is 2.86. The smallest absolute Gasteiger partial charge is 0.164 e. The average molecular weight is 296 g/mol. The molecular formula is C18H20N2S. The minimum absolute atomic E-state index is 0.942. The van der Waals surface area contributed by atoms with Crippen molar-refractivity contribution in [3.05, 3.63) is 65.2 Å². The summed E-state index contributed by atoms with van der Waals surface area (Å²) in [4.78, 5) is 7.24. The second-order valence-corrected chi connectivity index (χ2v) is 6.56. The fraction of sp³-hybridized carbons (Fsp3) is 0.278. The van der Waals surface area contributed by atoms with Crippen LogP contribution in [0.5, 0.6) is 0 Å². The van der Waals surface area contributed by atoms with Crippen molar-refractivity contribution in [2.75, 3.05) is 12.3 Å². The topological polar surface area (TPSA) is 15.6 Å². The fourth-order valence-corrected chi connectivity index (χ4v) is 3.62. The highest BCUT2D eigenvalue weighted by Gasteiger charge is 2.19. The molecular weight excluding hydrogens is 276 g/mol. The Bertz CT molecular complexity index is 629. The standard InChI is InChI=1S/C18H20N2S/c1-14-10-15(2)12-17(11-14)19-18-20(8-9-21-18)13-16-6-4-3-5-7-16/h3-7,10-12H,8-9,13H2,1-2H3. The molecule has 1 aliphatic heterocycles. The molecule has 1 fully saturated rings. The number of hydrogen-bond acceptors (Lipinski definition) is 2. The maximum Gasteiger partial charge on any atom is 0.164 e. The van der Waals surface area contributed by atoms with Gasteiger partial charge in [0, 0.05) is 18.8 Å². The Labute approximate surface area is 130 Å². The Morgan fingerprint density at radius 2 is 1.76 bits per heavy atom. The third-order valence-corrected chi connectivity index (χ3v) is 4.50. The summed E-state index contributed by atoms with van der Waals surface area (Å²) in [5, 5.41) is 1.14. The first kappa shape index (κ1) is 14.2. The summed E-state index contributed by atoms with van der Waals surface area (Å²) >= 11 is 1.85. The molecule has 108 valence electrons. The van der Waals surface area contributed by atoms with Gasteiger partial charge in [-0.05, 0) is 42.7 Å². The lowest BCUT2D eigenvalue weighted by Crippen LogP contribution is -2.23. The van der Waals surface area contributed by atoms with Crippen LogP contribution in [0, 0.1) is 13.8 Å². The van der Waals surface area contributed by atoms with Gasteiger partial charge in [0.2, 0.25) is 0 Å². The molecule has 1 saturated heterocycles. The summed E-state index contributed by atoms with van der Waals surface area (Å²) in [6, 6.07) is 17.1. The molecule has 0 unspecified atom stereocenters. The van der Waals surface area contributed by atoms with Crippen LogP contribution in [0.3, 0.4) is 0 Å². The number of hydrogen-bond donors (Lipinski definition) is 0. The first-order valence-corrected chi connectivity index (χ1v) is 8.28. The second-order valence-electron chi connectivity index (χ2n) is 5.50. The van der Waals surface area contributed by atoms with Crippen LogP contribution >= 0.6 is 11.8 Å². The van der Waals surface area contributed by atoms with Gasteiger partial charge in [-0.25, -0.2) is 4.99 Å². The molecule has 0 spiro atoms. The minimum Gasteiger partial charge on any atom is -0.346 e. The monoisotopic (exact) mass is 296 g/mol. The van der Waals surface area contributed by atoms with E-state index >= 15 is 0 Å². The van der Waals surface area contributed by atoms with E-state index in [0.717, 1.165) is 29.7 Å². The van der Waals surface area contributed by atoms with E-state index in [2.05, 4.69) is 67.3 Å². The highest BCUT2D eigenvalue weighted by molar-refractivity contribution is 8.14. The lowest BCUT2D eigenvalue weighted by Gasteiger charge is -2.18. The minimum atomic E-state index is 0.942. The largest absolute Gasteiger partial charge is 0.346 e. The molecule has 2 aromatic carbocycles. The molecule has 3 rings (SSSR count). The third kappa shape index (κ3) is 3.67. The number of benzene rings is 2. The fourth-order valence-electron chi connectivity index (χ4n) is 2.61. The molecule has 2 aromatic rings. The number of aliphatic imine (C=N–C) groups is 1. The Morgan fingerprint density at radius 3 is 2.48 bits per heavy atom. The summed E-state index contributed by atoms with van der Waals surface area (Å²) in [6.45, 7) is 6.26. The maximum absolute atomic E-state index is 4.86. The van der Waals surface area contributed by atoms with Crippen LogP contribution in [0.25, 0.3) is 0 Å². The van der Waals surface area contributed by atoms with Crippen LogP contribution in [0.15, 0.2) is 53.5 Å². The lowest BCUT2D eigenvalue weighted by atomic mass is 10.1. The van der Waals surface area contributed by atoms with Crippen molar-refractivity contribution in [1.29, 1.82) is 0 Å². The van der Waals surface area contributed by atoms with Crippen molar-refractivity contribution in [2.45, 2.75) is 20.4 Å². The van der Waals surface area contributed by atoms with Crippen LogP contribution < -0.4 is 0 Å². The molecule has 1 heterocycles. The van der Waals surface area contributed by atoms with E-state index in [4.69, 9.17) is 4.99 Å². The quantitative estimate of drug-likeness (QED) is 0.826. The van der Waals surface area contributed by atoms with Crippen LogP contribution in [0.4, 0.5) is 5.69 Å². The molecule has 0 aromatic heterocycles. The van der Waals surface area contributed by atoms with Crippen molar-refractivity contribution in [3.63, 3.8) is 0 Å². The first-order valence-electron chi connectivity index (χ1n) is 7.29. The zero-order chi connectivity index (χ0) is 14.7. The molecule has 0 aliphatic carbocycles. The van der Waals surface area contributed by atoms with Crippen molar-refractivity contribution in [3.8, 4) is 0 Å². The van der Waals surface area contributed by atoms with Gasteiger partial charge >= 0.3 is 0 Å². The van der Waals surface area contributed by atoms with Crippen LogP contribution in [-0.4, -0.2) is 22.4 Å². The summed E-state index contributed by atoms with van der Waals surface area (Å²) in [7, 11) is 0. The van der Waals surface area contributed by atoms with Crippen LogP contribution in [-0.2, 0) is 6.54 Å². The highest BCUT2D eigenvalue weighted by Crippen LogP contribution is 2.25. The Hall–Kier alpha value is -1.74. The number of amidine groups is 1. The second kappa shape index (κ2) is 6.35. The predicted molar refractivity (Wildman–Crippen MR) is 92.3 cm³/mol. The van der Waals surface area contributed by atoms with E-state index in [-0.39, 0.29) is 0 Å². The first-order chi connectivity index (χ1) is 10.2. The van der Waals surface area contributed by atoms with E-state index in [1.165, 1.54) is 16.7 Å². The molecule has 0 bridgehead atoms. The van der Waals surface area contributed by atoms with E-state index in [1.807, 2.05) is 11.8 Å². The van der Waals surface area contributed by atoms with Gasteiger partial charge in [0.15, 0.2) is 5.17 Å². The van der Waals surface area contributed by atoms with Crippen molar-refractivity contribution in [2.24, 2.45) is 4.99 Å². The highest BCUT2D eigenvalue weighted by atomic mass is 32.2. The third-order valence-electron chi connectivity index (χ3n) is 3.51. The zero-order valence-electron chi connectivity index (χ0n) is 12.5. The van der Waals surface area contributed by atoms with Gasteiger partial charge in [-0.1, -0.05) is 48.2 Å². The van der Waals surface area contributed by atoms with Gasteiger partial charge in [-0.15, -0.1) is 0 Å². The molecule has 0 atom stereocenters. The number of aryl methyl sites for hydroxylation is 2. The molecule has 3 heteroatoms. The number of nitrogens with zero attached hydrogens (tertiary/aromatic N) is 2. The van der Waals surface area contributed by atoms with E-state index in [0.29, 0.717) is 0 Å². The van der Waals surface area contributed by atoms with Crippen LogP contribution in [0.2, 0.25) is 0 Å². The van der Waals surface area contributed by atoms with Gasteiger partial charge in [-0.3, -0.25) is 0 Å². The maximum atomic E-state index is 4.86. The zero-order valence-corrected chi connectivity index (χ0v) is 13.4. The Balaban J connectivity index is 1.81. The number of thioether (sulfide) groups is 1. The van der Waals surface area contributed by atoms with Gasteiger partial charge < -0.3 is 4.90 Å². The predicted octanol–water partition coefficient (Wildman–Crippen LogP) is 4.54. The molecule has 2 nitrogen and oxygen atoms in total. The lowest BCUT2D eigenvalue weighted by molar-refractivity contribution is 0.457. The van der Waals surface area contributed by atoms with Crippen molar-refractivity contribution < 1.29 is 0 Å². The summed E-state index contributed by atoms with van der Waals surface area (Å²) in [5.41, 5.74) is 4.95. The molecule has 0 saturated carbocycles. The molecule has 1 aliphatic rings. The molecule has 21 heavy (non-hydrogen) atoms. The normalized spacial score (nSPS) is 16.7. The van der Waals surface area contributed by atoms with Crippen LogP contribution in [0.1, 0.15) is 16.7 Å². The Morgan fingerprint density at radius 1 is 1.05 bits per heavy atom. The van der Waals surface area contributed by atoms with E-state index < -0.39 is 0 Å². The molecule has 0 N–H and O–H groups in total. The van der Waals surface area contributed by atoms with Gasteiger partial charge in [0.05, 0.1) is 5.69 Å². The van der Waals surface area contributed by atoms with Gasteiger partial charge in [0.1, 0.15) is 0 Å². The molecule has 0 radical (unpaired) electrons. The van der Waals surface area contributed by atoms with E-state index in [1.54, 1.807) is 0 Å². The summed E-state index contributed by atoms with van der Waals surface area (Å²) in [6.07, 6.45) is 0. The summed E-state index contributed by atoms with van der Waals surface area (Å²) in [5.74, 6) is 1.12.